The average molecular weight is 176 g/mol. The van der Waals surface area contributed by atoms with Crippen LogP contribution in [0.15, 0.2) is 18.5 Å². The summed E-state index contributed by atoms with van der Waals surface area (Å²) >= 11 is 0. The number of primary amides is 1. The fraction of sp³-hybridized carbons (Fsp3) is 0.111. The summed E-state index contributed by atoms with van der Waals surface area (Å²) < 4.78 is 0. The van der Waals surface area contributed by atoms with Crippen LogP contribution in [0, 0.1) is 11.8 Å². The van der Waals surface area contributed by atoms with Crippen molar-refractivity contribution >= 4 is 5.91 Å². The van der Waals surface area contributed by atoms with Crippen LogP contribution in [0.25, 0.3) is 0 Å². The Bertz CT molecular complexity index is 377. The molecule has 0 saturated carbocycles. The van der Waals surface area contributed by atoms with Gasteiger partial charge in [0.2, 0.25) is 5.91 Å². The normalized spacial score (nSPS) is 8.62. The summed E-state index contributed by atoms with van der Waals surface area (Å²) in [5.74, 6) is 4.77. The van der Waals surface area contributed by atoms with Crippen molar-refractivity contribution in [3.8, 4) is 17.6 Å². The van der Waals surface area contributed by atoms with Crippen LogP contribution in [-0.2, 0) is 4.79 Å². The molecule has 4 heteroatoms. The molecule has 0 radical (unpaired) electrons. The van der Waals surface area contributed by atoms with Gasteiger partial charge >= 0.3 is 0 Å². The van der Waals surface area contributed by atoms with Gasteiger partial charge in [0.25, 0.3) is 0 Å². The molecule has 1 aromatic rings. The molecule has 1 aromatic heterocycles. The highest BCUT2D eigenvalue weighted by atomic mass is 16.3. The first-order valence-corrected chi connectivity index (χ1v) is 3.59. The number of carbonyl (C=O) groups is 1. The Hall–Kier alpha value is -2.02. The molecule has 0 aliphatic heterocycles. The molecule has 0 bridgehead atoms. The van der Waals surface area contributed by atoms with E-state index in [4.69, 9.17) is 10.8 Å². The first kappa shape index (κ1) is 9.07. The maximum atomic E-state index is 10.3. The Morgan fingerprint density at radius 1 is 1.62 bits per heavy atom. The summed E-state index contributed by atoms with van der Waals surface area (Å²) in [6.45, 7) is 0. The molecule has 0 aliphatic carbocycles. The van der Waals surface area contributed by atoms with Crippen molar-refractivity contribution in [2.45, 2.75) is 6.42 Å². The number of rotatable bonds is 1. The monoisotopic (exact) mass is 176 g/mol. The molecule has 1 rings (SSSR count). The molecule has 0 unspecified atom stereocenters. The number of nitrogens with zero attached hydrogens (tertiary/aromatic N) is 1. The number of aromatic hydroxyl groups is 1. The molecule has 0 aliphatic rings. The second-order valence-electron chi connectivity index (χ2n) is 2.38. The molecule has 0 aromatic carbocycles. The van der Waals surface area contributed by atoms with Crippen molar-refractivity contribution in [3.63, 3.8) is 0 Å². The maximum Gasteiger partial charge on any atom is 0.229 e. The predicted octanol–water partition coefficient (Wildman–Crippen LogP) is 0.0141. The minimum Gasteiger partial charge on any atom is -0.506 e. The second kappa shape index (κ2) is 4.12. The van der Waals surface area contributed by atoms with Crippen LogP contribution >= 0.6 is 0 Å². The van der Waals surface area contributed by atoms with Gasteiger partial charge in [0, 0.05) is 11.8 Å². The molecule has 13 heavy (non-hydrogen) atoms. The molecule has 66 valence electrons. The molecular weight excluding hydrogens is 168 g/mol. The van der Waals surface area contributed by atoms with Crippen LogP contribution in [0.1, 0.15) is 12.0 Å². The molecule has 1 amide bonds. The summed E-state index contributed by atoms with van der Waals surface area (Å²) in [5, 5.41) is 9.00. The van der Waals surface area contributed by atoms with Gasteiger partial charge in [0.15, 0.2) is 0 Å². The Labute approximate surface area is 75.4 Å². The van der Waals surface area contributed by atoms with Crippen molar-refractivity contribution in [2.24, 2.45) is 5.73 Å². The Kier molecular flexibility index (Phi) is 2.87. The third-order valence-electron chi connectivity index (χ3n) is 1.22. The molecule has 3 N–H and O–H groups in total. The summed E-state index contributed by atoms with van der Waals surface area (Å²) in [5.41, 5.74) is 5.44. The molecule has 4 nitrogen and oxygen atoms in total. The van der Waals surface area contributed by atoms with Gasteiger partial charge in [-0.25, -0.2) is 0 Å². The van der Waals surface area contributed by atoms with Crippen molar-refractivity contribution in [2.75, 3.05) is 0 Å². The molecule has 0 saturated heterocycles. The van der Waals surface area contributed by atoms with E-state index < -0.39 is 5.91 Å². The molecule has 0 atom stereocenters. The van der Waals surface area contributed by atoms with E-state index >= 15 is 0 Å². The van der Waals surface area contributed by atoms with E-state index in [9.17, 15) is 4.79 Å². The van der Waals surface area contributed by atoms with Gasteiger partial charge in [0.1, 0.15) is 5.75 Å². The Morgan fingerprint density at radius 3 is 3.00 bits per heavy atom. The molecule has 0 spiro atoms. The van der Waals surface area contributed by atoms with Crippen LogP contribution < -0.4 is 5.73 Å². The third kappa shape index (κ3) is 3.25. The van der Waals surface area contributed by atoms with Crippen LogP contribution in [0.5, 0.6) is 5.75 Å². The van der Waals surface area contributed by atoms with Gasteiger partial charge in [-0.1, -0.05) is 11.8 Å². The number of aromatic nitrogens is 1. The number of pyridine rings is 1. The van der Waals surface area contributed by atoms with E-state index in [1.54, 1.807) is 0 Å². The minimum absolute atomic E-state index is 0.00958. The van der Waals surface area contributed by atoms with Gasteiger partial charge in [-0.3, -0.25) is 9.78 Å². The van der Waals surface area contributed by atoms with Gasteiger partial charge in [-0.2, -0.15) is 0 Å². The van der Waals surface area contributed by atoms with Crippen LogP contribution in [0.2, 0.25) is 0 Å². The third-order valence-corrected chi connectivity index (χ3v) is 1.22. The van der Waals surface area contributed by atoms with E-state index in [1.165, 1.54) is 18.5 Å². The van der Waals surface area contributed by atoms with Gasteiger partial charge < -0.3 is 10.8 Å². The lowest BCUT2D eigenvalue weighted by atomic mass is 10.2. The summed E-state index contributed by atoms with van der Waals surface area (Å²) in [6, 6.07) is 1.46. The first-order valence-electron chi connectivity index (χ1n) is 3.59. The number of carbonyl (C=O) groups excluding carboxylic acids is 1. The van der Waals surface area contributed by atoms with Crippen LogP contribution in [0.4, 0.5) is 0 Å². The average Bonchev–Trinajstić information content (AvgIpc) is 2.03. The Morgan fingerprint density at radius 2 is 2.38 bits per heavy atom. The van der Waals surface area contributed by atoms with Crippen molar-refractivity contribution in [1.29, 1.82) is 0 Å². The molecule has 0 fully saturated rings. The quantitative estimate of drug-likeness (QED) is 0.592. The Balaban J connectivity index is 2.72. The number of amides is 1. The zero-order valence-corrected chi connectivity index (χ0v) is 6.82. The fourth-order valence-electron chi connectivity index (χ4n) is 0.730. The van der Waals surface area contributed by atoms with Gasteiger partial charge in [-0.05, 0) is 6.07 Å². The lowest BCUT2D eigenvalue weighted by molar-refractivity contribution is -0.117. The summed E-state index contributed by atoms with van der Waals surface area (Å²) in [6.07, 6.45) is 2.81. The lowest BCUT2D eigenvalue weighted by Crippen LogP contribution is -2.08. The largest absolute Gasteiger partial charge is 0.506 e. The fourth-order valence-corrected chi connectivity index (χ4v) is 0.730. The van der Waals surface area contributed by atoms with Crippen molar-refractivity contribution < 1.29 is 9.90 Å². The van der Waals surface area contributed by atoms with Gasteiger partial charge in [-0.15, -0.1) is 0 Å². The lowest BCUT2D eigenvalue weighted by Gasteiger charge is -1.90. The van der Waals surface area contributed by atoms with Crippen LogP contribution in [0.3, 0.4) is 0 Å². The second-order valence-corrected chi connectivity index (χ2v) is 2.38. The highest BCUT2D eigenvalue weighted by Gasteiger charge is 1.90. The number of hydrogen-bond donors (Lipinski definition) is 2. The summed E-state index contributed by atoms with van der Waals surface area (Å²) in [4.78, 5) is 14.0. The predicted molar refractivity (Wildman–Crippen MR) is 46.6 cm³/mol. The van der Waals surface area contributed by atoms with Crippen LogP contribution in [-0.4, -0.2) is 16.0 Å². The first-order chi connectivity index (χ1) is 6.18. The maximum absolute atomic E-state index is 10.3. The van der Waals surface area contributed by atoms with Crippen molar-refractivity contribution in [3.05, 3.63) is 24.0 Å². The SMILES string of the molecule is NC(=O)CC#Cc1cncc(O)c1. The highest BCUT2D eigenvalue weighted by Crippen LogP contribution is 2.06. The van der Waals surface area contributed by atoms with Crippen molar-refractivity contribution in [1.82, 2.24) is 4.98 Å². The van der Waals surface area contributed by atoms with E-state index in [1.807, 2.05) is 0 Å². The molecule has 1 heterocycles. The topological polar surface area (TPSA) is 76.2 Å². The van der Waals surface area contributed by atoms with Gasteiger partial charge in [0.05, 0.1) is 12.6 Å². The van der Waals surface area contributed by atoms with E-state index in [0.29, 0.717) is 5.56 Å². The standard InChI is InChI=1S/C9H8N2O2/c10-9(13)3-1-2-7-4-8(12)6-11-5-7/h4-6,12H,3H2,(H2,10,13). The zero-order chi connectivity index (χ0) is 9.68. The smallest absolute Gasteiger partial charge is 0.229 e. The van der Waals surface area contributed by atoms with E-state index in [0.717, 1.165) is 0 Å². The summed E-state index contributed by atoms with van der Waals surface area (Å²) in [7, 11) is 0. The van der Waals surface area contributed by atoms with E-state index in [-0.39, 0.29) is 12.2 Å². The van der Waals surface area contributed by atoms with E-state index in [2.05, 4.69) is 16.8 Å². The minimum atomic E-state index is -0.472. The number of hydrogen-bond acceptors (Lipinski definition) is 3. The zero-order valence-electron chi connectivity index (χ0n) is 6.82. The highest BCUT2D eigenvalue weighted by molar-refractivity contribution is 5.76. The molecular formula is C9H8N2O2. The number of nitrogens with two attached hydrogens (primary N) is 1.